The summed E-state index contributed by atoms with van der Waals surface area (Å²) in [6.07, 6.45) is 0.290. The van der Waals surface area contributed by atoms with Crippen LogP contribution in [0.1, 0.15) is 70.1 Å². The summed E-state index contributed by atoms with van der Waals surface area (Å²) in [5, 5.41) is 22.1. The van der Waals surface area contributed by atoms with Gasteiger partial charge in [0, 0.05) is 25.8 Å². The number of nitrogens with one attached hydrogen (secondary N) is 4. The fourth-order valence-electron chi connectivity index (χ4n) is 5.94. The van der Waals surface area contributed by atoms with Gasteiger partial charge in [-0.1, -0.05) is 36.8 Å². The molecule has 1 unspecified atom stereocenters. The van der Waals surface area contributed by atoms with Crippen molar-refractivity contribution in [1.29, 1.82) is 0 Å². The van der Waals surface area contributed by atoms with Crippen molar-refractivity contribution >= 4 is 84.2 Å². The van der Waals surface area contributed by atoms with Crippen LogP contribution in [0.15, 0.2) is 63.5 Å². The molecular weight excluding hydrogens is 995 g/mol. The second-order valence-electron chi connectivity index (χ2n) is 14.8. The van der Waals surface area contributed by atoms with Gasteiger partial charge in [-0.25, -0.2) is 9.59 Å². The van der Waals surface area contributed by atoms with Crippen LogP contribution < -0.4 is 26.0 Å². The number of carbonyl (C=O) groups is 5. The lowest BCUT2D eigenvalue weighted by Gasteiger charge is -2.28. The number of hydrogen-bond acceptors (Lipinski definition) is 10. The lowest BCUT2D eigenvalue weighted by molar-refractivity contribution is -0.146. The largest absolute Gasteiger partial charge is 0.504 e. The van der Waals surface area contributed by atoms with Crippen LogP contribution in [0.25, 0.3) is 0 Å². The average Bonchev–Trinajstić information content (AvgIpc) is 3.15. The molecule has 2 heterocycles. The van der Waals surface area contributed by atoms with E-state index in [1.807, 2.05) is 52.9 Å². The van der Waals surface area contributed by atoms with E-state index in [1.165, 1.54) is 7.11 Å². The standard InChI is InChI=1S/C41H49Br2IN4O10/c1-23(56-22-24-12-8-6-9-13-24)34-38(52)47-31(39(53)55-5)20-25-16-27(42)36(28(43)17-25)57-32-21-26(18-29(44)35(32)50)19-30(37(51)48-34)46-33(49)14-10-7-11-15-45-40(54)58-41(2,3)4/h6,8-9,12-13,16-18,21,23,30-31,34,50H,7,10-11,14-15,19-20,22H2,1-5H3,(H,45,54)(H,46,49)(H,47,52)(H,48,51)/t23?,30-,31-,34-/m0/s1. The van der Waals surface area contributed by atoms with Gasteiger partial charge in [0.15, 0.2) is 17.2 Å². The molecule has 314 valence electrons. The van der Waals surface area contributed by atoms with E-state index in [0.29, 0.717) is 55.2 Å². The molecule has 5 N–H and O–H groups in total. The molecule has 0 aromatic heterocycles. The van der Waals surface area contributed by atoms with E-state index in [2.05, 4.69) is 53.1 Å². The first-order chi connectivity index (χ1) is 27.4. The number of alkyl carbamates (subject to hydrolysis) is 1. The molecule has 4 amide bonds. The van der Waals surface area contributed by atoms with Crippen LogP contribution in [-0.2, 0) is 52.8 Å². The number of phenols is 1. The van der Waals surface area contributed by atoms with Gasteiger partial charge < -0.3 is 45.3 Å². The monoisotopic (exact) mass is 1040 g/mol. The molecule has 0 fully saturated rings. The number of methoxy groups -OCH3 is 1. The maximum absolute atomic E-state index is 14.3. The van der Waals surface area contributed by atoms with Crippen molar-refractivity contribution in [3.8, 4) is 17.2 Å². The number of phenolic OH excluding ortho intramolecular Hbond substituents is 1. The lowest BCUT2D eigenvalue weighted by Crippen LogP contribution is -2.60. The third kappa shape index (κ3) is 14.4. The predicted octanol–water partition coefficient (Wildman–Crippen LogP) is 6.73. The highest BCUT2D eigenvalue weighted by molar-refractivity contribution is 14.1. The Labute approximate surface area is 368 Å². The summed E-state index contributed by atoms with van der Waals surface area (Å²) < 4.78 is 24.0. The minimum absolute atomic E-state index is 0.00416. The summed E-state index contributed by atoms with van der Waals surface area (Å²) in [6.45, 7) is 7.46. The summed E-state index contributed by atoms with van der Waals surface area (Å²) >= 11 is 9.04. The first-order valence-corrected chi connectivity index (χ1v) is 21.4. The van der Waals surface area contributed by atoms with Crippen LogP contribution in [0.4, 0.5) is 4.79 Å². The molecule has 14 nitrogen and oxygen atoms in total. The zero-order valence-corrected chi connectivity index (χ0v) is 38.2. The first-order valence-electron chi connectivity index (χ1n) is 18.7. The Morgan fingerprint density at radius 2 is 1.64 bits per heavy atom. The van der Waals surface area contributed by atoms with Crippen molar-refractivity contribution in [3.05, 3.63) is 83.8 Å². The van der Waals surface area contributed by atoms with Gasteiger partial charge in [0.05, 0.1) is 32.3 Å². The van der Waals surface area contributed by atoms with Crippen molar-refractivity contribution in [2.45, 2.75) is 103 Å². The maximum atomic E-state index is 14.3. The number of benzene rings is 3. The minimum atomic E-state index is -1.32. The number of unbranched alkanes of at least 4 members (excludes halogenated alkanes) is 2. The smallest absolute Gasteiger partial charge is 0.407 e. The van der Waals surface area contributed by atoms with E-state index in [9.17, 15) is 29.1 Å². The Balaban J connectivity index is 1.65. The number of halogens is 3. The molecule has 58 heavy (non-hydrogen) atoms. The molecule has 0 radical (unpaired) electrons. The van der Waals surface area contributed by atoms with Gasteiger partial charge in [0.2, 0.25) is 17.7 Å². The number of rotatable bonds is 12. The molecule has 2 aliphatic heterocycles. The average molecular weight is 1040 g/mol. The number of esters is 1. The van der Waals surface area contributed by atoms with E-state index in [1.54, 1.807) is 52.0 Å². The van der Waals surface area contributed by atoms with Crippen LogP contribution in [0.2, 0.25) is 0 Å². The Hall–Kier alpha value is -3.94. The first kappa shape index (κ1) is 46.7. The Kier molecular flexibility index (Phi) is 17.6. The quantitative estimate of drug-likeness (QED) is 0.0739. The van der Waals surface area contributed by atoms with E-state index in [0.717, 1.165) is 5.56 Å². The van der Waals surface area contributed by atoms with E-state index in [4.69, 9.17) is 18.9 Å². The van der Waals surface area contributed by atoms with Crippen LogP contribution in [-0.4, -0.2) is 78.4 Å². The number of amides is 4. The molecular formula is C41H49Br2IN4O10. The van der Waals surface area contributed by atoms with Gasteiger partial charge in [0.25, 0.3) is 0 Å². The lowest BCUT2D eigenvalue weighted by atomic mass is 10.0. The molecule has 5 rings (SSSR count). The number of fused-ring (bicyclic) bond motifs is 10. The second kappa shape index (κ2) is 21.9. The molecule has 0 saturated heterocycles. The van der Waals surface area contributed by atoms with Crippen molar-refractivity contribution in [2.75, 3.05) is 13.7 Å². The van der Waals surface area contributed by atoms with E-state index >= 15 is 0 Å². The minimum Gasteiger partial charge on any atom is -0.504 e. The SMILES string of the molecule is COC(=O)[C@@H]1Cc2cc(Br)c(c(Br)c2)Oc2cc(cc(I)c2O)C[C@H](NC(=O)CCCCCNC(=O)OC(C)(C)C)C(=O)N[C@@H](C(C)OCc2ccccc2)C(=O)N1. The molecule has 4 bridgehead atoms. The Bertz CT molecular complexity index is 1920. The fourth-order valence-corrected chi connectivity index (χ4v) is 8.05. The third-order valence-electron chi connectivity index (χ3n) is 8.85. The van der Waals surface area contributed by atoms with Gasteiger partial charge in [-0.2, -0.15) is 0 Å². The van der Waals surface area contributed by atoms with Gasteiger partial charge in [0.1, 0.15) is 23.7 Å². The number of ether oxygens (including phenoxy) is 4. The highest BCUT2D eigenvalue weighted by atomic mass is 127. The summed E-state index contributed by atoms with van der Waals surface area (Å²) in [5.41, 5.74) is 1.38. The molecule has 0 spiro atoms. The van der Waals surface area contributed by atoms with Gasteiger partial charge in [-0.15, -0.1) is 0 Å². The normalized spacial score (nSPS) is 17.8. The number of carbonyl (C=O) groups excluding carboxylic acids is 5. The van der Waals surface area contributed by atoms with Crippen molar-refractivity contribution < 1.29 is 48.0 Å². The zero-order chi connectivity index (χ0) is 42.6. The topological polar surface area (TPSA) is 191 Å². The summed E-state index contributed by atoms with van der Waals surface area (Å²) in [6, 6.07) is 12.3. The van der Waals surface area contributed by atoms with Gasteiger partial charge in [-0.3, -0.25) is 14.4 Å². The highest BCUT2D eigenvalue weighted by Crippen LogP contribution is 2.42. The predicted molar refractivity (Wildman–Crippen MR) is 231 cm³/mol. The highest BCUT2D eigenvalue weighted by Gasteiger charge is 2.35. The van der Waals surface area contributed by atoms with Crippen LogP contribution in [0, 0.1) is 3.57 Å². The van der Waals surface area contributed by atoms with Crippen LogP contribution in [0.3, 0.4) is 0 Å². The Morgan fingerprint density at radius 1 is 0.966 bits per heavy atom. The molecule has 0 aliphatic carbocycles. The Morgan fingerprint density at radius 3 is 2.29 bits per heavy atom. The molecule has 2 aliphatic rings. The maximum Gasteiger partial charge on any atom is 0.407 e. The summed E-state index contributed by atoms with van der Waals surface area (Å²) in [5.74, 6) is -2.25. The summed E-state index contributed by atoms with van der Waals surface area (Å²) in [7, 11) is 1.21. The molecule has 17 heteroatoms. The molecule has 3 aromatic carbocycles. The van der Waals surface area contributed by atoms with Crippen LogP contribution >= 0.6 is 54.5 Å². The third-order valence-corrected chi connectivity index (χ3v) is 10.8. The molecule has 0 saturated carbocycles. The zero-order valence-electron chi connectivity index (χ0n) is 32.9. The van der Waals surface area contributed by atoms with E-state index in [-0.39, 0.29) is 37.4 Å². The summed E-state index contributed by atoms with van der Waals surface area (Å²) in [4.78, 5) is 66.9. The number of hydrogen-bond donors (Lipinski definition) is 5. The molecule has 4 atom stereocenters. The fraction of sp³-hybridized carbons (Fsp3) is 0.439. The van der Waals surface area contributed by atoms with Crippen LogP contribution in [0.5, 0.6) is 17.2 Å². The second-order valence-corrected chi connectivity index (χ2v) is 17.6. The van der Waals surface area contributed by atoms with Gasteiger partial charge >= 0.3 is 12.1 Å². The van der Waals surface area contributed by atoms with Crippen molar-refractivity contribution in [3.63, 3.8) is 0 Å². The van der Waals surface area contributed by atoms with Crippen molar-refractivity contribution in [2.24, 2.45) is 0 Å². The number of aromatic hydroxyl groups is 1. The van der Waals surface area contributed by atoms with E-state index < -0.39 is 59.6 Å². The van der Waals surface area contributed by atoms with Gasteiger partial charge in [-0.05, 0) is 136 Å². The molecule has 3 aromatic rings. The van der Waals surface area contributed by atoms with Crippen molar-refractivity contribution in [1.82, 2.24) is 21.3 Å².